The number of aryl methyl sites for hydroxylation is 1. The maximum absolute atomic E-state index is 12.6. The second-order valence-electron chi connectivity index (χ2n) is 7.35. The highest BCUT2D eigenvalue weighted by Crippen LogP contribution is 2.28. The number of benzene rings is 2. The summed E-state index contributed by atoms with van der Waals surface area (Å²) in [6, 6.07) is 13.1. The van der Waals surface area contributed by atoms with Crippen molar-refractivity contribution < 1.29 is 22.7 Å². The summed E-state index contributed by atoms with van der Waals surface area (Å²) in [7, 11) is -2.57. The molecule has 0 fully saturated rings. The van der Waals surface area contributed by atoms with Crippen LogP contribution in [-0.4, -0.2) is 38.4 Å². The Balaban J connectivity index is 1.75. The molecule has 174 valence electrons. The van der Waals surface area contributed by atoms with Crippen LogP contribution in [0.15, 0.2) is 53.4 Å². The lowest BCUT2D eigenvalue weighted by Gasteiger charge is -2.14. The number of hydrogen-bond donors (Lipinski definition) is 3. The molecule has 3 aromatic rings. The van der Waals surface area contributed by atoms with Crippen molar-refractivity contribution in [2.75, 3.05) is 7.11 Å². The third-order valence-corrected chi connectivity index (χ3v) is 7.30. The van der Waals surface area contributed by atoms with Crippen molar-refractivity contribution in [3.8, 4) is 16.3 Å². The molecule has 9 nitrogen and oxygen atoms in total. The van der Waals surface area contributed by atoms with Gasteiger partial charge in [-0.2, -0.15) is 0 Å². The fourth-order valence-corrected chi connectivity index (χ4v) is 5.37. The van der Waals surface area contributed by atoms with E-state index in [2.05, 4.69) is 20.6 Å². The Morgan fingerprint density at radius 1 is 1.03 bits per heavy atom. The molecule has 0 aliphatic heterocycles. The lowest BCUT2D eigenvalue weighted by Crippen LogP contribution is -2.41. The van der Waals surface area contributed by atoms with Crippen LogP contribution in [0.2, 0.25) is 0 Å². The van der Waals surface area contributed by atoms with Crippen LogP contribution < -0.4 is 20.3 Å². The molecule has 2 amide bonds. The van der Waals surface area contributed by atoms with Crippen molar-refractivity contribution in [2.45, 2.75) is 31.7 Å². The van der Waals surface area contributed by atoms with Crippen LogP contribution in [0.5, 0.6) is 5.75 Å². The predicted octanol–water partition coefficient (Wildman–Crippen LogP) is 2.89. The number of sulfonamides is 1. The first kappa shape index (κ1) is 24.4. The van der Waals surface area contributed by atoms with Crippen LogP contribution in [0, 0.1) is 6.92 Å². The average molecular weight is 489 g/mol. The molecule has 1 aromatic heterocycles. The highest BCUT2D eigenvalue weighted by Gasteiger charge is 2.23. The summed E-state index contributed by atoms with van der Waals surface area (Å²) < 4.78 is 32.8. The third-order valence-electron chi connectivity index (χ3n) is 4.42. The first-order chi connectivity index (χ1) is 15.6. The van der Waals surface area contributed by atoms with Crippen LogP contribution in [0.4, 0.5) is 0 Å². The Kier molecular flexibility index (Phi) is 7.46. The van der Waals surface area contributed by atoms with Gasteiger partial charge in [-0.15, -0.1) is 11.3 Å². The second kappa shape index (κ2) is 10.1. The van der Waals surface area contributed by atoms with E-state index in [0.29, 0.717) is 15.6 Å². The van der Waals surface area contributed by atoms with Gasteiger partial charge in [-0.05, 0) is 39.0 Å². The standard InChI is InChI=1S/C22H24N4O5S2/c1-13(2)26-33(29,30)18-12-16(10-11-17(18)31-4)20(27)24-25-21(28)19-14(3)23-22(32-19)15-8-6-5-7-9-15/h5-13,26H,1-4H3,(H,24,27)(H,25,28). The fourth-order valence-electron chi connectivity index (χ4n) is 2.96. The van der Waals surface area contributed by atoms with E-state index in [9.17, 15) is 18.0 Å². The van der Waals surface area contributed by atoms with Crippen molar-refractivity contribution >= 4 is 33.2 Å². The molecule has 0 saturated heterocycles. The van der Waals surface area contributed by atoms with Gasteiger partial charge in [0, 0.05) is 17.2 Å². The monoisotopic (exact) mass is 488 g/mol. The Hall–Kier alpha value is -3.28. The van der Waals surface area contributed by atoms with Gasteiger partial charge in [0.05, 0.1) is 12.8 Å². The van der Waals surface area contributed by atoms with Crippen molar-refractivity contribution in [3.63, 3.8) is 0 Å². The van der Waals surface area contributed by atoms with Crippen molar-refractivity contribution in [2.24, 2.45) is 0 Å². The average Bonchev–Trinajstić information content (AvgIpc) is 3.18. The van der Waals surface area contributed by atoms with E-state index >= 15 is 0 Å². The molecule has 0 aliphatic carbocycles. The number of aromatic nitrogens is 1. The zero-order valence-corrected chi connectivity index (χ0v) is 20.1. The largest absolute Gasteiger partial charge is 0.495 e. The van der Waals surface area contributed by atoms with Gasteiger partial charge in [-0.3, -0.25) is 20.4 Å². The van der Waals surface area contributed by atoms with Crippen LogP contribution >= 0.6 is 11.3 Å². The summed E-state index contributed by atoms with van der Waals surface area (Å²) in [5.41, 5.74) is 6.12. The van der Waals surface area contributed by atoms with Crippen LogP contribution in [0.1, 0.15) is 39.6 Å². The SMILES string of the molecule is COc1ccc(C(=O)NNC(=O)c2sc(-c3ccccc3)nc2C)cc1S(=O)(=O)NC(C)C. The highest BCUT2D eigenvalue weighted by atomic mass is 32.2. The van der Waals surface area contributed by atoms with Crippen LogP contribution in [0.25, 0.3) is 10.6 Å². The number of amides is 2. The number of nitrogens with zero attached hydrogens (tertiary/aromatic N) is 1. The zero-order valence-electron chi connectivity index (χ0n) is 18.5. The molecular weight excluding hydrogens is 464 g/mol. The lowest BCUT2D eigenvalue weighted by atomic mass is 10.2. The molecule has 0 bridgehead atoms. The lowest BCUT2D eigenvalue weighted by molar-refractivity contribution is 0.0848. The first-order valence-corrected chi connectivity index (χ1v) is 12.3. The van der Waals surface area contributed by atoms with Gasteiger partial charge in [0.2, 0.25) is 10.0 Å². The number of thiazole rings is 1. The van der Waals surface area contributed by atoms with Crippen molar-refractivity contribution in [1.82, 2.24) is 20.6 Å². The minimum absolute atomic E-state index is 0.0335. The van der Waals surface area contributed by atoms with E-state index in [4.69, 9.17) is 4.74 Å². The van der Waals surface area contributed by atoms with Gasteiger partial charge in [0.1, 0.15) is 20.5 Å². The molecule has 0 radical (unpaired) electrons. The number of rotatable bonds is 7. The van der Waals surface area contributed by atoms with Gasteiger partial charge in [0.15, 0.2) is 0 Å². The van der Waals surface area contributed by atoms with Gasteiger partial charge in [0.25, 0.3) is 11.8 Å². The van der Waals surface area contributed by atoms with Crippen molar-refractivity contribution in [3.05, 3.63) is 64.7 Å². The van der Waals surface area contributed by atoms with Crippen molar-refractivity contribution in [1.29, 1.82) is 0 Å². The smallest absolute Gasteiger partial charge is 0.281 e. The third kappa shape index (κ3) is 5.75. The first-order valence-electron chi connectivity index (χ1n) is 9.96. The summed E-state index contributed by atoms with van der Waals surface area (Å²) in [6.07, 6.45) is 0. The fraction of sp³-hybridized carbons (Fsp3) is 0.227. The number of methoxy groups -OCH3 is 1. The van der Waals surface area contributed by atoms with Crippen LogP contribution in [0.3, 0.4) is 0 Å². The summed E-state index contributed by atoms with van der Waals surface area (Å²) in [4.78, 5) is 29.8. The molecule has 0 spiro atoms. The molecule has 33 heavy (non-hydrogen) atoms. The minimum atomic E-state index is -3.91. The normalized spacial score (nSPS) is 11.3. The second-order valence-corrected chi connectivity index (χ2v) is 10.0. The highest BCUT2D eigenvalue weighted by molar-refractivity contribution is 7.89. The Morgan fingerprint density at radius 2 is 1.70 bits per heavy atom. The molecule has 1 heterocycles. The summed E-state index contributed by atoms with van der Waals surface area (Å²) >= 11 is 1.21. The topological polar surface area (TPSA) is 126 Å². The van der Waals surface area contributed by atoms with Gasteiger partial charge < -0.3 is 4.74 Å². The summed E-state index contributed by atoms with van der Waals surface area (Å²) in [5, 5.41) is 0.687. The molecule has 2 aromatic carbocycles. The molecule has 0 aliphatic rings. The Labute approximate surface area is 196 Å². The number of hydrogen-bond acceptors (Lipinski definition) is 7. The number of carbonyl (C=O) groups excluding carboxylic acids is 2. The van der Waals surface area contributed by atoms with Gasteiger partial charge in [-0.25, -0.2) is 18.1 Å². The molecule has 0 unspecified atom stereocenters. The number of hydrazine groups is 1. The number of ether oxygens (including phenoxy) is 1. The van der Waals surface area contributed by atoms with Gasteiger partial charge in [-0.1, -0.05) is 30.3 Å². The summed E-state index contributed by atoms with van der Waals surface area (Å²) in [6.45, 7) is 5.07. The van der Waals surface area contributed by atoms with E-state index in [1.807, 2.05) is 30.3 Å². The number of nitrogens with one attached hydrogen (secondary N) is 3. The quantitative estimate of drug-likeness (QED) is 0.439. The Bertz CT molecular complexity index is 1270. The molecule has 0 saturated carbocycles. The maximum atomic E-state index is 12.6. The zero-order chi connectivity index (χ0) is 24.2. The van der Waals surface area contributed by atoms with Gasteiger partial charge >= 0.3 is 0 Å². The van der Waals surface area contributed by atoms with E-state index in [1.165, 1.54) is 36.6 Å². The van der Waals surface area contributed by atoms with E-state index in [1.54, 1.807) is 20.8 Å². The molecule has 3 N–H and O–H groups in total. The molecular formula is C22H24N4O5S2. The van der Waals surface area contributed by atoms with Crippen LogP contribution in [-0.2, 0) is 10.0 Å². The van der Waals surface area contributed by atoms with E-state index < -0.39 is 21.8 Å². The minimum Gasteiger partial charge on any atom is -0.495 e. The molecule has 11 heteroatoms. The maximum Gasteiger partial charge on any atom is 0.281 e. The van der Waals surface area contributed by atoms with E-state index in [-0.39, 0.29) is 22.3 Å². The summed E-state index contributed by atoms with van der Waals surface area (Å²) in [5.74, 6) is -1.11. The molecule has 0 atom stereocenters. The Morgan fingerprint density at radius 3 is 2.33 bits per heavy atom. The number of carbonyl (C=O) groups is 2. The predicted molar refractivity (Wildman–Crippen MR) is 126 cm³/mol. The molecule has 3 rings (SSSR count). The van der Waals surface area contributed by atoms with E-state index in [0.717, 1.165) is 5.56 Å².